The van der Waals surface area contributed by atoms with Crippen molar-refractivity contribution in [1.29, 1.82) is 0 Å². The molecule has 1 saturated carbocycles. The molecule has 0 unspecified atom stereocenters. The lowest BCUT2D eigenvalue weighted by molar-refractivity contribution is 0.411. The fraction of sp³-hybridized carbons (Fsp3) is 0.556. The van der Waals surface area contributed by atoms with Crippen LogP contribution in [0.25, 0.3) is 0 Å². The molecular weight excluding hydrogens is 322 g/mol. The Morgan fingerprint density at radius 2 is 1.74 bits per heavy atom. The van der Waals surface area contributed by atoms with E-state index in [0.717, 1.165) is 12.0 Å². The van der Waals surface area contributed by atoms with Crippen molar-refractivity contribution in [1.82, 2.24) is 4.31 Å². The van der Waals surface area contributed by atoms with Crippen LogP contribution >= 0.6 is 0 Å². The molecule has 3 rings (SSSR count). The number of fused-ring (bicyclic) bond motifs is 1. The second-order valence-corrected chi connectivity index (χ2v) is 15.7. The standard InChI is InChI=1S/C18H27NO2SSi/c1-15-6-8-16(9-7-15)22(20,21)19-13-17(2)12-18(17,14-19)10-11-23(3,4)5/h6-11H,12-14H2,1-5H3/b11-10-/t17-,18+/m1/s1. The molecule has 0 aromatic heterocycles. The average Bonchev–Trinajstić information content (AvgIpc) is 2.89. The average molecular weight is 350 g/mol. The zero-order chi connectivity index (χ0) is 17.1. The molecule has 0 radical (unpaired) electrons. The van der Waals surface area contributed by atoms with Crippen molar-refractivity contribution >= 4 is 18.1 Å². The van der Waals surface area contributed by atoms with Gasteiger partial charge < -0.3 is 0 Å². The molecule has 0 bridgehead atoms. The molecule has 1 saturated heterocycles. The van der Waals surface area contributed by atoms with E-state index >= 15 is 0 Å². The summed E-state index contributed by atoms with van der Waals surface area (Å²) in [6.07, 6.45) is 3.45. The molecule has 2 aliphatic rings. The van der Waals surface area contributed by atoms with Gasteiger partial charge in [-0.25, -0.2) is 8.42 Å². The number of piperidine rings is 1. The lowest BCUT2D eigenvalue weighted by Crippen LogP contribution is -2.32. The first-order chi connectivity index (χ1) is 10.5. The van der Waals surface area contributed by atoms with E-state index in [9.17, 15) is 8.42 Å². The second-order valence-electron chi connectivity index (χ2n) is 8.68. The Hall–Kier alpha value is -0.913. The third-order valence-corrected chi connectivity index (χ3v) is 8.30. The van der Waals surface area contributed by atoms with E-state index in [-0.39, 0.29) is 10.8 Å². The summed E-state index contributed by atoms with van der Waals surface area (Å²) in [5.41, 5.74) is 3.63. The third-order valence-electron chi connectivity index (χ3n) is 5.33. The van der Waals surface area contributed by atoms with Crippen molar-refractivity contribution in [2.45, 2.75) is 44.8 Å². The van der Waals surface area contributed by atoms with E-state index < -0.39 is 18.1 Å². The van der Waals surface area contributed by atoms with Gasteiger partial charge in [-0.2, -0.15) is 4.31 Å². The Kier molecular flexibility index (Phi) is 3.71. The van der Waals surface area contributed by atoms with E-state index in [0.29, 0.717) is 18.0 Å². The molecule has 0 amide bonds. The summed E-state index contributed by atoms with van der Waals surface area (Å²) in [4.78, 5) is 0.414. The first kappa shape index (κ1) is 16.9. The number of aryl methyl sites for hydroxylation is 1. The van der Waals surface area contributed by atoms with Gasteiger partial charge in [0.2, 0.25) is 10.0 Å². The monoisotopic (exact) mass is 349 g/mol. The van der Waals surface area contributed by atoms with Gasteiger partial charge in [0.1, 0.15) is 0 Å². The van der Waals surface area contributed by atoms with Gasteiger partial charge in [-0.3, -0.25) is 0 Å². The predicted molar refractivity (Wildman–Crippen MR) is 97.6 cm³/mol. The number of rotatable bonds is 4. The van der Waals surface area contributed by atoms with Gasteiger partial charge in [-0.15, -0.1) is 0 Å². The van der Waals surface area contributed by atoms with Crippen LogP contribution in [-0.2, 0) is 10.0 Å². The lowest BCUT2D eigenvalue weighted by Gasteiger charge is -2.20. The molecule has 0 N–H and O–H groups in total. The Morgan fingerprint density at radius 1 is 1.13 bits per heavy atom. The van der Waals surface area contributed by atoms with Gasteiger partial charge in [-0.1, -0.05) is 56.0 Å². The van der Waals surface area contributed by atoms with Gasteiger partial charge >= 0.3 is 0 Å². The number of benzene rings is 1. The molecule has 23 heavy (non-hydrogen) atoms. The van der Waals surface area contributed by atoms with Crippen LogP contribution in [0.5, 0.6) is 0 Å². The quantitative estimate of drug-likeness (QED) is 0.775. The topological polar surface area (TPSA) is 37.4 Å². The van der Waals surface area contributed by atoms with Crippen molar-refractivity contribution in [2.75, 3.05) is 13.1 Å². The Balaban J connectivity index is 1.85. The van der Waals surface area contributed by atoms with Gasteiger partial charge in [0.15, 0.2) is 0 Å². The van der Waals surface area contributed by atoms with Crippen LogP contribution in [0, 0.1) is 17.8 Å². The highest BCUT2D eigenvalue weighted by atomic mass is 32.2. The van der Waals surface area contributed by atoms with Crippen LogP contribution in [0.3, 0.4) is 0 Å². The van der Waals surface area contributed by atoms with Crippen molar-refractivity contribution in [3.63, 3.8) is 0 Å². The molecule has 1 heterocycles. The highest BCUT2D eigenvalue weighted by Gasteiger charge is 2.69. The normalized spacial score (nSPS) is 31.5. The largest absolute Gasteiger partial charge is 0.243 e. The molecule has 1 aliphatic heterocycles. The third kappa shape index (κ3) is 2.94. The predicted octanol–water partition coefficient (Wildman–Crippen LogP) is 3.83. The SMILES string of the molecule is Cc1ccc(S(=O)(=O)N2C[C@@]3(C)C[C@@]3(/C=C\[Si](C)(C)C)C2)cc1. The van der Waals surface area contributed by atoms with E-state index in [1.807, 2.05) is 19.1 Å². The first-order valence-corrected chi connectivity index (χ1v) is 13.3. The first-order valence-electron chi connectivity index (χ1n) is 8.25. The molecule has 1 aromatic carbocycles. The smallest absolute Gasteiger partial charge is 0.207 e. The van der Waals surface area contributed by atoms with Crippen molar-refractivity contribution in [3.8, 4) is 0 Å². The summed E-state index contributed by atoms with van der Waals surface area (Å²) < 4.78 is 27.5. The second kappa shape index (κ2) is 5.04. The lowest BCUT2D eigenvalue weighted by atomic mass is 9.99. The Bertz CT molecular complexity index is 748. The summed E-state index contributed by atoms with van der Waals surface area (Å²) in [7, 11) is -4.64. The molecule has 3 nitrogen and oxygen atoms in total. The highest BCUT2D eigenvalue weighted by Crippen LogP contribution is 2.69. The van der Waals surface area contributed by atoms with Crippen molar-refractivity contribution in [2.24, 2.45) is 10.8 Å². The number of sulfonamides is 1. The van der Waals surface area contributed by atoms with Crippen LogP contribution < -0.4 is 0 Å². The van der Waals surface area contributed by atoms with Crippen molar-refractivity contribution in [3.05, 3.63) is 41.6 Å². The molecular formula is C18H27NO2SSi. The minimum atomic E-state index is -3.38. The van der Waals surface area contributed by atoms with Gasteiger partial charge in [0.05, 0.1) is 13.0 Å². The maximum Gasteiger partial charge on any atom is 0.243 e. The fourth-order valence-electron chi connectivity index (χ4n) is 3.62. The van der Waals surface area contributed by atoms with Crippen LogP contribution in [0.2, 0.25) is 19.6 Å². The summed E-state index contributed by atoms with van der Waals surface area (Å²) in [6, 6.07) is 7.18. The summed E-state index contributed by atoms with van der Waals surface area (Å²) >= 11 is 0. The molecule has 5 heteroatoms. The molecule has 2 fully saturated rings. The van der Waals surface area contributed by atoms with Crippen molar-refractivity contribution < 1.29 is 8.42 Å². The van der Waals surface area contributed by atoms with E-state index in [4.69, 9.17) is 0 Å². The molecule has 1 aromatic rings. The number of nitrogens with zero attached hydrogens (tertiary/aromatic N) is 1. The zero-order valence-electron chi connectivity index (χ0n) is 14.8. The van der Waals surface area contributed by atoms with E-state index in [1.165, 1.54) is 0 Å². The van der Waals surface area contributed by atoms with Crippen LogP contribution in [-0.4, -0.2) is 33.9 Å². The summed E-state index contributed by atoms with van der Waals surface area (Å²) in [5, 5.41) is 0. The van der Waals surface area contributed by atoms with E-state index in [1.54, 1.807) is 16.4 Å². The minimum absolute atomic E-state index is 0.0606. The molecule has 126 valence electrons. The molecule has 0 spiro atoms. The summed E-state index contributed by atoms with van der Waals surface area (Å²) in [6.45, 7) is 12.4. The van der Waals surface area contributed by atoms with Gasteiger partial charge in [-0.05, 0) is 30.9 Å². The number of hydrogen-bond donors (Lipinski definition) is 0. The maximum absolute atomic E-state index is 12.9. The highest BCUT2D eigenvalue weighted by molar-refractivity contribution is 7.89. The van der Waals surface area contributed by atoms with Crippen LogP contribution in [0.15, 0.2) is 40.9 Å². The van der Waals surface area contributed by atoms with Gasteiger partial charge in [0.25, 0.3) is 0 Å². The van der Waals surface area contributed by atoms with Crippen LogP contribution in [0.1, 0.15) is 18.9 Å². The minimum Gasteiger partial charge on any atom is -0.207 e. The Morgan fingerprint density at radius 3 is 2.30 bits per heavy atom. The molecule has 2 atom stereocenters. The van der Waals surface area contributed by atoms with Crippen LogP contribution in [0.4, 0.5) is 0 Å². The molecule has 1 aliphatic carbocycles. The maximum atomic E-state index is 12.9. The van der Waals surface area contributed by atoms with E-state index in [2.05, 4.69) is 38.3 Å². The Labute approximate surface area is 141 Å². The number of hydrogen-bond acceptors (Lipinski definition) is 2. The fourth-order valence-corrected chi connectivity index (χ4v) is 6.08. The zero-order valence-corrected chi connectivity index (χ0v) is 16.6. The summed E-state index contributed by atoms with van der Waals surface area (Å²) in [5.74, 6) is 0. The van der Waals surface area contributed by atoms with Gasteiger partial charge in [0, 0.05) is 18.5 Å².